The second-order valence-corrected chi connectivity index (χ2v) is 6.64. The average molecular weight is 333 g/mol. The van der Waals surface area contributed by atoms with Gasteiger partial charge >= 0.3 is 0 Å². The van der Waals surface area contributed by atoms with Gasteiger partial charge in [0.2, 0.25) is 0 Å². The lowest BCUT2D eigenvalue weighted by molar-refractivity contribution is 0.452. The second kappa shape index (κ2) is 6.01. The quantitative estimate of drug-likeness (QED) is 0.628. The van der Waals surface area contributed by atoms with Gasteiger partial charge in [-0.2, -0.15) is 0 Å². The number of hydrogen-bond acceptors (Lipinski definition) is 1. The first-order valence-corrected chi connectivity index (χ1v) is 7.97. The standard InChI is InChI=1S/C18H21BrO/c1-13-11-14(12-19)9-10-16(13)20-17-8-6-5-7-15(17)18(2,3)4/h5-11H,12H2,1-4H3. The van der Waals surface area contributed by atoms with E-state index in [4.69, 9.17) is 4.74 Å². The normalized spacial score (nSPS) is 11.4. The van der Waals surface area contributed by atoms with Crippen LogP contribution in [0.5, 0.6) is 11.5 Å². The topological polar surface area (TPSA) is 9.23 Å². The van der Waals surface area contributed by atoms with Crippen LogP contribution in [0.4, 0.5) is 0 Å². The van der Waals surface area contributed by atoms with Crippen molar-refractivity contribution in [3.05, 3.63) is 59.2 Å². The number of benzene rings is 2. The fraction of sp³-hybridized carbons (Fsp3) is 0.333. The van der Waals surface area contributed by atoms with E-state index in [9.17, 15) is 0 Å². The van der Waals surface area contributed by atoms with Gasteiger partial charge in [-0.15, -0.1) is 0 Å². The van der Waals surface area contributed by atoms with E-state index >= 15 is 0 Å². The van der Waals surface area contributed by atoms with Crippen LogP contribution in [0.3, 0.4) is 0 Å². The lowest BCUT2D eigenvalue weighted by Crippen LogP contribution is -2.12. The van der Waals surface area contributed by atoms with Crippen LogP contribution in [0.2, 0.25) is 0 Å². The van der Waals surface area contributed by atoms with E-state index in [0.29, 0.717) is 0 Å². The Kier molecular flexibility index (Phi) is 4.54. The maximum Gasteiger partial charge on any atom is 0.131 e. The largest absolute Gasteiger partial charge is 0.457 e. The van der Waals surface area contributed by atoms with Gasteiger partial charge in [-0.05, 0) is 35.6 Å². The smallest absolute Gasteiger partial charge is 0.131 e. The molecule has 0 aromatic heterocycles. The summed E-state index contributed by atoms with van der Waals surface area (Å²) in [4.78, 5) is 0. The highest BCUT2D eigenvalue weighted by Gasteiger charge is 2.19. The zero-order chi connectivity index (χ0) is 14.8. The van der Waals surface area contributed by atoms with Crippen LogP contribution >= 0.6 is 15.9 Å². The molecule has 0 heterocycles. The van der Waals surface area contributed by atoms with E-state index in [1.807, 2.05) is 18.2 Å². The van der Waals surface area contributed by atoms with E-state index in [-0.39, 0.29) is 5.41 Å². The number of aryl methyl sites for hydroxylation is 1. The predicted molar refractivity (Wildman–Crippen MR) is 89.0 cm³/mol. The van der Waals surface area contributed by atoms with Crippen LogP contribution in [0, 0.1) is 6.92 Å². The zero-order valence-electron chi connectivity index (χ0n) is 12.5. The Balaban J connectivity index is 2.36. The molecule has 0 saturated carbocycles. The van der Waals surface area contributed by atoms with Gasteiger partial charge in [0, 0.05) is 10.9 Å². The molecule has 0 N–H and O–H groups in total. The van der Waals surface area contributed by atoms with Crippen molar-refractivity contribution >= 4 is 15.9 Å². The van der Waals surface area contributed by atoms with Gasteiger partial charge in [0.15, 0.2) is 0 Å². The van der Waals surface area contributed by atoms with Crippen molar-refractivity contribution in [2.45, 2.75) is 38.4 Å². The molecule has 0 spiro atoms. The highest BCUT2D eigenvalue weighted by Crippen LogP contribution is 2.35. The van der Waals surface area contributed by atoms with Gasteiger partial charge in [0.1, 0.15) is 11.5 Å². The minimum absolute atomic E-state index is 0.0697. The molecular formula is C18H21BrO. The molecule has 0 aliphatic rings. The van der Waals surface area contributed by atoms with Crippen LogP contribution in [0.25, 0.3) is 0 Å². The molecule has 0 bridgehead atoms. The summed E-state index contributed by atoms with van der Waals surface area (Å²) in [5.74, 6) is 1.86. The molecular weight excluding hydrogens is 312 g/mol. The first-order chi connectivity index (χ1) is 9.41. The van der Waals surface area contributed by atoms with Crippen molar-refractivity contribution in [3.63, 3.8) is 0 Å². The maximum atomic E-state index is 6.15. The number of para-hydroxylation sites is 1. The molecule has 106 valence electrons. The van der Waals surface area contributed by atoms with Gasteiger partial charge < -0.3 is 4.74 Å². The van der Waals surface area contributed by atoms with Crippen molar-refractivity contribution in [1.29, 1.82) is 0 Å². The number of halogens is 1. The van der Waals surface area contributed by atoms with Gasteiger partial charge in [-0.1, -0.05) is 67.0 Å². The summed E-state index contributed by atoms with van der Waals surface area (Å²) in [7, 11) is 0. The average Bonchev–Trinajstić information content (AvgIpc) is 2.40. The van der Waals surface area contributed by atoms with Gasteiger partial charge in [0.25, 0.3) is 0 Å². The molecule has 2 rings (SSSR count). The van der Waals surface area contributed by atoms with Crippen molar-refractivity contribution in [2.75, 3.05) is 0 Å². The summed E-state index contributed by atoms with van der Waals surface area (Å²) in [6.45, 7) is 8.70. The van der Waals surface area contributed by atoms with Crippen LogP contribution in [0.1, 0.15) is 37.5 Å². The molecule has 0 amide bonds. The molecule has 0 aliphatic heterocycles. The van der Waals surface area contributed by atoms with Crippen LogP contribution in [-0.4, -0.2) is 0 Å². The van der Waals surface area contributed by atoms with Crippen LogP contribution in [0.15, 0.2) is 42.5 Å². The molecule has 2 aromatic carbocycles. The number of ether oxygens (including phenoxy) is 1. The van der Waals surface area contributed by atoms with Crippen LogP contribution in [-0.2, 0) is 10.7 Å². The van der Waals surface area contributed by atoms with Gasteiger partial charge in [0.05, 0.1) is 0 Å². The molecule has 0 atom stereocenters. The Morgan fingerprint density at radius 1 is 1.00 bits per heavy atom. The highest BCUT2D eigenvalue weighted by atomic mass is 79.9. The molecule has 0 aliphatic carbocycles. The molecule has 0 unspecified atom stereocenters. The summed E-state index contributed by atoms with van der Waals surface area (Å²) in [6, 6.07) is 14.6. The highest BCUT2D eigenvalue weighted by molar-refractivity contribution is 9.08. The third kappa shape index (κ3) is 3.43. The predicted octanol–water partition coefficient (Wildman–Crippen LogP) is 5.98. The minimum Gasteiger partial charge on any atom is -0.457 e. The lowest BCUT2D eigenvalue weighted by atomic mass is 9.86. The molecule has 0 radical (unpaired) electrons. The van der Waals surface area contributed by atoms with Gasteiger partial charge in [-0.25, -0.2) is 0 Å². The number of alkyl halides is 1. The SMILES string of the molecule is Cc1cc(CBr)ccc1Oc1ccccc1C(C)(C)C. The van der Waals surface area contributed by atoms with E-state index < -0.39 is 0 Å². The maximum absolute atomic E-state index is 6.15. The van der Waals surface area contributed by atoms with E-state index in [1.165, 1.54) is 11.1 Å². The summed E-state index contributed by atoms with van der Waals surface area (Å²) in [6.07, 6.45) is 0. The zero-order valence-corrected chi connectivity index (χ0v) is 14.1. The van der Waals surface area contributed by atoms with Gasteiger partial charge in [-0.3, -0.25) is 0 Å². The number of rotatable bonds is 3. The summed E-state index contributed by atoms with van der Waals surface area (Å²) in [5, 5.41) is 0.868. The Morgan fingerprint density at radius 2 is 1.70 bits per heavy atom. The van der Waals surface area contributed by atoms with E-state index in [2.05, 4.69) is 67.9 Å². The lowest BCUT2D eigenvalue weighted by Gasteiger charge is -2.23. The third-order valence-electron chi connectivity index (χ3n) is 3.31. The Bertz CT molecular complexity index is 597. The monoisotopic (exact) mass is 332 g/mol. The Labute approximate surface area is 130 Å². The van der Waals surface area contributed by atoms with Crippen molar-refractivity contribution in [2.24, 2.45) is 0 Å². The number of hydrogen-bond donors (Lipinski definition) is 0. The van der Waals surface area contributed by atoms with Crippen molar-refractivity contribution < 1.29 is 4.74 Å². The molecule has 2 heteroatoms. The van der Waals surface area contributed by atoms with Crippen LogP contribution < -0.4 is 4.74 Å². The fourth-order valence-corrected chi connectivity index (χ4v) is 2.55. The molecule has 1 nitrogen and oxygen atoms in total. The van der Waals surface area contributed by atoms with E-state index in [1.54, 1.807) is 0 Å². The first kappa shape index (κ1) is 15.1. The summed E-state index contributed by atoms with van der Waals surface area (Å²) < 4.78 is 6.15. The fourth-order valence-electron chi connectivity index (χ4n) is 2.20. The van der Waals surface area contributed by atoms with Crippen molar-refractivity contribution in [3.8, 4) is 11.5 Å². The molecule has 0 fully saturated rings. The Hall–Kier alpha value is -1.28. The molecule has 2 aromatic rings. The molecule has 0 saturated heterocycles. The minimum atomic E-state index is 0.0697. The summed E-state index contributed by atoms with van der Waals surface area (Å²) in [5.41, 5.74) is 3.72. The van der Waals surface area contributed by atoms with E-state index in [0.717, 1.165) is 22.4 Å². The van der Waals surface area contributed by atoms with Crippen molar-refractivity contribution in [1.82, 2.24) is 0 Å². The molecule has 20 heavy (non-hydrogen) atoms. The Morgan fingerprint density at radius 3 is 2.30 bits per heavy atom. The first-order valence-electron chi connectivity index (χ1n) is 6.84. The third-order valence-corrected chi connectivity index (χ3v) is 3.96. The summed E-state index contributed by atoms with van der Waals surface area (Å²) >= 11 is 3.48. The second-order valence-electron chi connectivity index (χ2n) is 6.08.